The van der Waals surface area contributed by atoms with Crippen molar-refractivity contribution in [1.82, 2.24) is 0 Å². The lowest BCUT2D eigenvalue weighted by Gasteiger charge is -2.18. The van der Waals surface area contributed by atoms with Crippen LogP contribution in [0.5, 0.6) is 0 Å². The molecule has 3 atom stereocenters. The van der Waals surface area contributed by atoms with Crippen LogP contribution in [0.15, 0.2) is 30.3 Å². The maximum Gasteiger partial charge on any atom is -0.0131 e. The summed E-state index contributed by atoms with van der Waals surface area (Å²) in [6.45, 7) is 0. The maximum atomic E-state index is 2.32. The van der Waals surface area contributed by atoms with Crippen molar-refractivity contribution in [2.45, 2.75) is 38.0 Å². The van der Waals surface area contributed by atoms with Crippen molar-refractivity contribution >= 4 is 0 Å². The Hall–Kier alpha value is -0.780. The predicted molar refractivity (Wildman–Crippen MR) is 59.2 cm³/mol. The van der Waals surface area contributed by atoms with Crippen LogP contribution in [0.3, 0.4) is 0 Å². The largest absolute Gasteiger partial charge is 0.0622 e. The van der Waals surface area contributed by atoms with Gasteiger partial charge in [0, 0.05) is 0 Å². The van der Waals surface area contributed by atoms with Gasteiger partial charge in [0.1, 0.15) is 0 Å². The molecule has 74 valence electrons. The van der Waals surface area contributed by atoms with Crippen LogP contribution in [0.4, 0.5) is 0 Å². The SMILES string of the molecule is c1ccc([C@@H]2CC[C@@H]3CCC[C@@H]32)cc1. The van der Waals surface area contributed by atoms with Gasteiger partial charge in [0.05, 0.1) is 0 Å². The van der Waals surface area contributed by atoms with Gasteiger partial charge in [-0.05, 0) is 42.6 Å². The quantitative estimate of drug-likeness (QED) is 0.622. The van der Waals surface area contributed by atoms with Gasteiger partial charge in [-0.3, -0.25) is 0 Å². The summed E-state index contributed by atoms with van der Waals surface area (Å²) >= 11 is 0. The van der Waals surface area contributed by atoms with Crippen molar-refractivity contribution in [3.05, 3.63) is 35.9 Å². The van der Waals surface area contributed by atoms with E-state index >= 15 is 0 Å². The number of fused-ring (bicyclic) bond motifs is 1. The second-order valence-corrected chi connectivity index (χ2v) is 4.95. The number of benzene rings is 1. The molecule has 2 fully saturated rings. The second-order valence-electron chi connectivity index (χ2n) is 4.95. The summed E-state index contributed by atoms with van der Waals surface area (Å²) in [4.78, 5) is 0. The lowest BCUT2D eigenvalue weighted by molar-refractivity contribution is 0.422. The van der Waals surface area contributed by atoms with E-state index < -0.39 is 0 Å². The molecule has 0 heterocycles. The zero-order valence-electron chi connectivity index (χ0n) is 8.65. The molecule has 0 amide bonds. The Kier molecular flexibility index (Phi) is 2.08. The average Bonchev–Trinajstić information content (AvgIpc) is 2.79. The molecule has 0 spiro atoms. The summed E-state index contributed by atoms with van der Waals surface area (Å²) in [5.74, 6) is 2.99. The third-order valence-corrected chi connectivity index (χ3v) is 4.31. The van der Waals surface area contributed by atoms with Crippen LogP contribution >= 0.6 is 0 Å². The highest BCUT2D eigenvalue weighted by Gasteiger charge is 2.39. The zero-order valence-corrected chi connectivity index (χ0v) is 8.65. The topological polar surface area (TPSA) is 0 Å². The lowest BCUT2D eigenvalue weighted by atomic mass is 9.86. The van der Waals surface area contributed by atoms with E-state index in [4.69, 9.17) is 0 Å². The molecule has 0 N–H and O–H groups in total. The van der Waals surface area contributed by atoms with E-state index in [0.29, 0.717) is 0 Å². The average molecular weight is 186 g/mol. The van der Waals surface area contributed by atoms with E-state index in [1.807, 2.05) is 0 Å². The van der Waals surface area contributed by atoms with Crippen molar-refractivity contribution in [1.29, 1.82) is 0 Å². The highest BCUT2D eigenvalue weighted by Crippen LogP contribution is 2.51. The summed E-state index contributed by atoms with van der Waals surface area (Å²) in [6.07, 6.45) is 7.42. The Morgan fingerprint density at radius 3 is 2.57 bits per heavy atom. The Morgan fingerprint density at radius 1 is 0.857 bits per heavy atom. The Morgan fingerprint density at radius 2 is 1.71 bits per heavy atom. The van der Waals surface area contributed by atoms with Gasteiger partial charge in [0.25, 0.3) is 0 Å². The molecule has 1 aromatic carbocycles. The lowest BCUT2D eigenvalue weighted by Crippen LogP contribution is -2.07. The summed E-state index contributed by atoms with van der Waals surface area (Å²) in [5.41, 5.74) is 1.60. The predicted octanol–water partition coefficient (Wildman–Crippen LogP) is 3.98. The monoisotopic (exact) mass is 186 g/mol. The third-order valence-electron chi connectivity index (χ3n) is 4.31. The minimum atomic E-state index is 0.892. The van der Waals surface area contributed by atoms with Crippen LogP contribution in [-0.2, 0) is 0 Å². The summed E-state index contributed by atoms with van der Waals surface area (Å²) in [7, 11) is 0. The molecule has 3 rings (SSSR count). The normalized spacial score (nSPS) is 35.9. The minimum absolute atomic E-state index is 0.892. The maximum absolute atomic E-state index is 2.32. The molecule has 0 radical (unpaired) electrons. The minimum Gasteiger partial charge on any atom is -0.0622 e. The molecule has 0 saturated heterocycles. The Balaban J connectivity index is 1.86. The Labute approximate surface area is 86.3 Å². The molecule has 2 aliphatic rings. The van der Waals surface area contributed by atoms with Crippen molar-refractivity contribution in [3.63, 3.8) is 0 Å². The van der Waals surface area contributed by atoms with E-state index in [0.717, 1.165) is 17.8 Å². The second kappa shape index (κ2) is 3.42. The Bertz CT molecular complexity index is 301. The van der Waals surface area contributed by atoms with Crippen LogP contribution in [0, 0.1) is 11.8 Å². The number of rotatable bonds is 1. The van der Waals surface area contributed by atoms with Crippen LogP contribution in [0.1, 0.15) is 43.6 Å². The van der Waals surface area contributed by atoms with E-state index in [9.17, 15) is 0 Å². The molecule has 0 heteroatoms. The standard InChI is InChI=1S/C14H18/c1-2-5-11(6-3-1)14-10-9-12-7-4-8-13(12)14/h1-3,5-6,12-14H,4,7-10H2/t12-,13-,14-/m0/s1. The molecule has 0 aliphatic heterocycles. The number of hydrogen-bond donors (Lipinski definition) is 0. The molecule has 0 aromatic heterocycles. The van der Waals surface area contributed by atoms with Crippen LogP contribution in [0.25, 0.3) is 0 Å². The summed E-state index contributed by atoms with van der Waals surface area (Å²) in [5, 5.41) is 0. The fourth-order valence-corrected chi connectivity index (χ4v) is 3.68. The van der Waals surface area contributed by atoms with Gasteiger partial charge in [-0.25, -0.2) is 0 Å². The van der Waals surface area contributed by atoms with Gasteiger partial charge >= 0.3 is 0 Å². The van der Waals surface area contributed by atoms with Crippen molar-refractivity contribution in [2.75, 3.05) is 0 Å². The molecule has 2 aliphatic carbocycles. The molecular formula is C14H18. The third kappa shape index (κ3) is 1.28. The van der Waals surface area contributed by atoms with Gasteiger partial charge in [0.2, 0.25) is 0 Å². The van der Waals surface area contributed by atoms with E-state index in [-0.39, 0.29) is 0 Å². The molecular weight excluding hydrogens is 168 g/mol. The first-order valence-electron chi connectivity index (χ1n) is 6.00. The zero-order chi connectivity index (χ0) is 9.38. The van der Waals surface area contributed by atoms with Gasteiger partial charge in [0.15, 0.2) is 0 Å². The van der Waals surface area contributed by atoms with Gasteiger partial charge in [-0.1, -0.05) is 43.2 Å². The molecule has 1 aromatic rings. The summed E-state index contributed by atoms with van der Waals surface area (Å²) in [6, 6.07) is 11.2. The molecule has 0 bridgehead atoms. The first-order chi connectivity index (χ1) is 6.95. The van der Waals surface area contributed by atoms with E-state index in [2.05, 4.69) is 30.3 Å². The fourth-order valence-electron chi connectivity index (χ4n) is 3.68. The fraction of sp³-hybridized carbons (Fsp3) is 0.571. The van der Waals surface area contributed by atoms with E-state index in [1.54, 1.807) is 5.56 Å². The molecule has 0 unspecified atom stereocenters. The molecule has 0 nitrogen and oxygen atoms in total. The van der Waals surface area contributed by atoms with Crippen LogP contribution < -0.4 is 0 Å². The molecule has 14 heavy (non-hydrogen) atoms. The van der Waals surface area contributed by atoms with Crippen molar-refractivity contribution < 1.29 is 0 Å². The highest BCUT2D eigenvalue weighted by molar-refractivity contribution is 5.22. The molecule has 2 saturated carbocycles. The summed E-state index contributed by atoms with van der Waals surface area (Å²) < 4.78 is 0. The first kappa shape index (κ1) is 8.52. The van der Waals surface area contributed by atoms with E-state index in [1.165, 1.54) is 32.1 Å². The smallest absolute Gasteiger partial charge is 0.0131 e. The van der Waals surface area contributed by atoms with Crippen LogP contribution in [0.2, 0.25) is 0 Å². The van der Waals surface area contributed by atoms with Gasteiger partial charge in [-0.15, -0.1) is 0 Å². The van der Waals surface area contributed by atoms with Crippen molar-refractivity contribution in [3.8, 4) is 0 Å². The van der Waals surface area contributed by atoms with Gasteiger partial charge < -0.3 is 0 Å². The highest BCUT2D eigenvalue weighted by atomic mass is 14.4. The van der Waals surface area contributed by atoms with Crippen molar-refractivity contribution in [2.24, 2.45) is 11.8 Å². The first-order valence-corrected chi connectivity index (χ1v) is 6.00. The number of hydrogen-bond acceptors (Lipinski definition) is 0. The van der Waals surface area contributed by atoms with Crippen LogP contribution in [-0.4, -0.2) is 0 Å². The van der Waals surface area contributed by atoms with Gasteiger partial charge in [-0.2, -0.15) is 0 Å².